The van der Waals surface area contributed by atoms with Crippen molar-refractivity contribution in [3.8, 4) is 0 Å². The number of hydrogen-bond acceptors (Lipinski definition) is 4. The molecule has 25 heavy (non-hydrogen) atoms. The summed E-state index contributed by atoms with van der Waals surface area (Å²) in [7, 11) is 1.87. The van der Waals surface area contributed by atoms with Gasteiger partial charge >= 0.3 is 0 Å². The molecule has 1 aromatic rings. The van der Waals surface area contributed by atoms with E-state index in [1.54, 1.807) is 0 Å². The molecule has 0 amide bonds. The van der Waals surface area contributed by atoms with E-state index in [1.807, 2.05) is 18.4 Å². The predicted molar refractivity (Wildman–Crippen MR) is 103 cm³/mol. The fraction of sp³-hybridized carbons (Fsp3) is 0.737. The van der Waals surface area contributed by atoms with E-state index in [0.717, 1.165) is 58.1 Å². The van der Waals surface area contributed by atoms with Gasteiger partial charge in [-0.3, -0.25) is 4.99 Å². The van der Waals surface area contributed by atoms with Crippen LogP contribution in [0.2, 0.25) is 0 Å². The zero-order valence-corrected chi connectivity index (χ0v) is 16.3. The van der Waals surface area contributed by atoms with Crippen molar-refractivity contribution in [1.82, 2.24) is 10.2 Å². The summed E-state index contributed by atoms with van der Waals surface area (Å²) >= 11 is 1.84. The SMILES string of the molecule is CN=C(NCc1ccc(C)s1)N1CCC(OCC2CCCCO2)CC1. The fourth-order valence-electron chi connectivity index (χ4n) is 3.50. The normalized spacial score (nSPS) is 23.0. The number of rotatable bonds is 5. The van der Waals surface area contributed by atoms with Gasteiger partial charge in [-0.15, -0.1) is 11.3 Å². The molecule has 2 saturated heterocycles. The standard InChI is InChI=1S/C19H31N3O2S/c1-15-6-7-18(25-15)13-21-19(20-2)22-10-8-16(9-11-22)24-14-17-5-3-4-12-23-17/h6-7,16-17H,3-5,8-14H2,1-2H3,(H,20,21). The number of likely N-dealkylation sites (tertiary alicyclic amines) is 1. The summed E-state index contributed by atoms with van der Waals surface area (Å²) in [6, 6.07) is 4.36. The first-order valence-corrected chi connectivity index (χ1v) is 10.3. The molecular weight excluding hydrogens is 334 g/mol. The lowest BCUT2D eigenvalue weighted by Crippen LogP contribution is -2.47. The number of hydrogen-bond donors (Lipinski definition) is 1. The molecule has 5 nitrogen and oxygen atoms in total. The molecule has 2 fully saturated rings. The number of aliphatic imine (C=N–C) groups is 1. The first-order valence-electron chi connectivity index (χ1n) is 9.48. The molecule has 0 bridgehead atoms. The number of ether oxygens (including phenoxy) is 2. The average Bonchev–Trinajstić information content (AvgIpc) is 3.07. The van der Waals surface area contributed by atoms with Gasteiger partial charge in [0.05, 0.1) is 25.4 Å². The highest BCUT2D eigenvalue weighted by molar-refractivity contribution is 7.11. The van der Waals surface area contributed by atoms with Crippen molar-refractivity contribution in [2.75, 3.05) is 33.4 Å². The second-order valence-corrected chi connectivity index (χ2v) is 8.29. The summed E-state index contributed by atoms with van der Waals surface area (Å²) in [4.78, 5) is 9.50. The Balaban J connectivity index is 1.37. The van der Waals surface area contributed by atoms with Crippen molar-refractivity contribution in [1.29, 1.82) is 0 Å². The largest absolute Gasteiger partial charge is 0.376 e. The summed E-state index contributed by atoms with van der Waals surface area (Å²) in [5.41, 5.74) is 0. The van der Waals surface area contributed by atoms with Gasteiger partial charge in [-0.1, -0.05) is 0 Å². The highest BCUT2D eigenvalue weighted by Crippen LogP contribution is 2.18. The maximum atomic E-state index is 6.11. The van der Waals surface area contributed by atoms with E-state index in [2.05, 4.69) is 34.3 Å². The molecule has 3 rings (SSSR count). The maximum Gasteiger partial charge on any atom is 0.193 e. The maximum absolute atomic E-state index is 6.11. The molecule has 0 saturated carbocycles. The van der Waals surface area contributed by atoms with E-state index >= 15 is 0 Å². The molecule has 1 N–H and O–H groups in total. The molecule has 1 aromatic heterocycles. The lowest BCUT2D eigenvalue weighted by Gasteiger charge is -2.35. The Morgan fingerprint density at radius 1 is 1.32 bits per heavy atom. The van der Waals surface area contributed by atoms with Gasteiger partial charge in [0.15, 0.2) is 5.96 Å². The van der Waals surface area contributed by atoms with Gasteiger partial charge in [0.2, 0.25) is 0 Å². The van der Waals surface area contributed by atoms with Gasteiger partial charge in [-0.25, -0.2) is 0 Å². The molecule has 0 aliphatic carbocycles. The monoisotopic (exact) mass is 365 g/mol. The lowest BCUT2D eigenvalue weighted by molar-refractivity contribution is -0.0721. The average molecular weight is 366 g/mol. The first kappa shape index (κ1) is 18.7. The van der Waals surface area contributed by atoms with E-state index in [1.165, 1.54) is 22.6 Å². The Hall–Kier alpha value is -1.11. The van der Waals surface area contributed by atoms with E-state index in [9.17, 15) is 0 Å². The van der Waals surface area contributed by atoms with Crippen LogP contribution in [0.1, 0.15) is 41.9 Å². The zero-order chi connectivity index (χ0) is 17.5. The highest BCUT2D eigenvalue weighted by atomic mass is 32.1. The smallest absolute Gasteiger partial charge is 0.193 e. The van der Waals surface area contributed by atoms with Crippen LogP contribution in [0.25, 0.3) is 0 Å². The van der Waals surface area contributed by atoms with Crippen molar-refractivity contribution in [3.05, 3.63) is 21.9 Å². The minimum atomic E-state index is 0.315. The minimum Gasteiger partial charge on any atom is -0.376 e. The minimum absolute atomic E-state index is 0.315. The Kier molecular flexibility index (Phi) is 7.13. The Bertz CT molecular complexity index is 547. The van der Waals surface area contributed by atoms with Gasteiger partial charge in [0.25, 0.3) is 0 Å². The number of aryl methyl sites for hydroxylation is 1. The summed E-state index contributed by atoms with van der Waals surface area (Å²) in [6.07, 6.45) is 6.43. The second-order valence-electron chi connectivity index (χ2n) is 6.92. The summed E-state index contributed by atoms with van der Waals surface area (Å²) in [6.45, 7) is 6.65. The van der Waals surface area contributed by atoms with E-state index < -0.39 is 0 Å². The van der Waals surface area contributed by atoms with Crippen LogP contribution >= 0.6 is 11.3 Å². The van der Waals surface area contributed by atoms with E-state index in [0.29, 0.717) is 12.2 Å². The number of thiophene rings is 1. The van der Waals surface area contributed by atoms with Crippen LogP contribution in [0.4, 0.5) is 0 Å². The van der Waals surface area contributed by atoms with Crippen LogP contribution in [0.5, 0.6) is 0 Å². The summed E-state index contributed by atoms with van der Waals surface area (Å²) in [5, 5.41) is 3.49. The molecule has 1 atom stereocenters. The van der Waals surface area contributed by atoms with E-state index in [-0.39, 0.29) is 0 Å². The lowest BCUT2D eigenvalue weighted by atomic mass is 10.1. The molecular formula is C19H31N3O2S. The van der Waals surface area contributed by atoms with Gasteiger partial charge in [-0.2, -0.15) is 0 Å². The number of nitrogens with one attached hydrogen (secondary N) is 1. The third-order valence-electron chi connectivity index (χ3n) is 4.96. The number of nitrogens with zero attached hydrogens (tertiary/aromatic N) is 2. The summed E-state index contributed by atoms with van der Waals surface area (Å²) < 4.78 is 11.9. The molecule has 2 aliphatic heterocycles. The van der Waals surface area contributed by atoms with Crippen LogP contribution in [-0.4, -0.2) is 56.4 Å². The van der Waals surface area contributed by atoms with Crippen molar-refractivity contribution in [2.45, 2.75) is 57.8 Å². The Morgan fingerprint density at radius 3 is 2.80 bits per heavy atom. The molecule has 0 radical (unpaired) electrons. The van der Waals surface area contributed by atoms with E-state index in [4.69, 9.17) is 9.47 Å². The molecule has 1 unspecified atom stereocenters. The van der Waals surface area contributed by atoms with Crippen LogP contribution in [0.15, 0.2) is 17.1 Å². The molecule has 0 aromatic carbocycles. The summed E-state index contributed by atoms with van der Waals surface area (Å²) in [5.74, 6) is 1.00. The third-order valence-corrected chi connectivity index (χ3v) is 5.96. The molecule has 140 valence electrons. The zero-order valence-electron chi connectivity index (χ0n) is 15.5. The van der Waals surface area contributed by atoms with Crippen molar-refractivity contribution in [3.63, 3.8) is 0 Å². The van der Waals surface area contributed by atoms with Crippen molar-refractivity contribution >= 4 is 17.3 Å². The molecule has 2 aliphatic rings. The van der Waals surface area contributed by atoms with Crippen LogP contribution in [0.3, 0.4) is 0 Å². The highest BCUT2D eigenvalue weighted by Gasteiger charge is 2.23. The van der Waals surface area contributed by atoms with Crippen LogP contribution in [0, 0.1) is 6.92 Å². The predicted octanol–water partition coefficient (Wildman–Crippen LogP) is 3.18. The quantitative estimate of drug-likeness (QED) is 0.643. The second kappa shape index (κ2) is 9.55. The van der Waals surface area contributed by atoms with Crippen molar-refractivity contribution < 1.29 is 9.47 Å². The van der Waals surface area contributed by atoms with Crippen molar-refractivity contribution in [2.24, 2.45) is 4.99 Å². The molecule has 0 spiro atoms. The molecule has 3 heterocycles. The van der Waals surface area contributed by atoms with Gasteiger partial charge in [0, 0.05) is 36.5 Å². The Morgan fingerprint density at radius 2 is 2.16 bits per heavy atom. The van der Waals surface area contributed by atoms with Gasteiger partial charge in [-0.05, 0) is 51.2 Å². The van der Waals surface area contributed by atoms with Crippen LogP contribution < -0.4 is 5.32 Å². The Labute approximate surface area is 155 Å². The van der Waals surface area contributed by atoms with Gasteiger partial charge < -0.3 is 19.7 Å². The number of piperidine rings is 1. The topological polar surface area (TPSA) is 46.1 Å². The molecule has 6 heteroatoms. The third kappa shape index (κ3) is 5.69. The first-order chi connectivity index (χ1) is 12.2. The number of guanidine groups is 1. The van der Waals surface area contributed by atoms with Crippen LogP contribution in [-0.2, 0) is 16.0 Å². The van der Waals surface area contributed by atoms with Gasteiger partial charge in [0.1, 0.15) is 0 Å². The fourth-order valence-corrected chi connectivity index (χ4v) is 4.33.